The van der Waals surface area contributed by atoms with Gasteiger partial charge in [0, 0.05) is 6.20 Å². The summed E-state index contributed by atoms with van der Waals surface area (Å²) in [5, 5.41) is 8.80. The molecule has 2 aromatic rings. The van der Waals surface area contributed by atoms with Crippen LogP contribution in [-0.4, -0.2) is 10.1 Å². The molecule has 5 heteroatoms. The first-order valence-corrected chi connectivity index (χ1v) is 5.32. The fraction of sp³-hybridized carbons (Fsp3) is 0.154. The van der Waals surface area contributed by atoms with Crippen LogP contribution in [0.1, 0.15) is 11.3 Å². The zero-order chi connectivity index (χ0) is 13.0. The van der Waals surface area contributed by atoms with Gasteiger partial charge in [-0.3, -0.25) is 4.98 Å². The van der Waals surface area contributed by atoms with Gasteiger partial charge in [0.1, 0.15) is 6.61 Å². The Morgan fingerprint density at radius 1 is 1.17 bits per heavy atom. The van der Waals surface area contributed by atoms with Crippen molar-refractivity contribution in [1.29, 1.82) is 0 Å². The van der Waals surface area contributed by atoms with Gasteiger partial charge in [-0.1, -0.05) is 6.07 Å². The van der Waals surface area contributed by atoms with Crippen molar-refractivity contribution in [3.8, 4) is 5.75 Å². The minimum atomic E-state index is -0.838. The number of benzene rings is 1. The fourth-order valence-corrected chi connectivity index (χ4v) is 1.47. The maximum Gasteiger partial charge on any atom is 0.191 e. The highest BCUT2D eigenvalue weighted by molar-refractivity contribution is 5.31. The molecule has 2 rings (SSSR count). The molecule has 1 N–H and O–H groups in total. The number of hydrogen-bond donors (Lipinski definition) is 1. The Bertz CT molecular complexity index is 509. The van der Waals surface area contributed by atoms with E-state index in [1.54, 1.807) is 24.4 Å². The van der Waals surface area contributed by atoms with Crippen LogP contribution in [0.4, 0.5) is 8.78 Å². The third-order valence-corrected chi connectivity index (χ3v) is 2.33. The predicted molar refractivity (Wildman–Crippen MR) is 60.8 cm³/mol. The van der Waals surface area contributed by atoms with E-state index in [-0.39, 0.29) is 12.2 Å². The van der Waals surface area contributed by atoms with Gasteiger partial charge in [0.25, 0.3) is 0 Å². The summed E-state index contributed by atoms with van der Waals surface area (Å²) in [5.74, 6) is -2.14. The van der Waals surface area contributed by atoms with Crippen molar-refractivity contribution < 1.29 is 18.6 Å². The molecule has 0 bridgehead atoms. The van der Waals surface area contributed by atoms with Gasteiger partial charge in [-0.2, -0.15) is 0 Å². The van der Waals surface area contributed by atoms with Crippen molar-refractivity contribution >= 4 is 0 Å². The molecule has 94 valence electrons. The summed E-state index contributed by atoms with van der Waals surface area (Å²) in [6, 6.07) is 7.26. The number of halogens is 2. The first kappa shape index (κ1) is 12.4. The number of nitrogens with zero attached hydrogens (tertiary/aromatic N) is 1. The van der Waals surface area contributed by atoms with E-state index in [2.05, 4.69) is 4.98 Å². The number of aromatic nitrogens is 1. The van der Waals surface area contributed by atoms with E-state index in [0.29, 0.717) is 5.69 Å². The Kier molecular flexibility index (Phi) is 3.84. The lowest BCUT2D eigenvalue weighted by Gasteiger charge is -2.09. The quantitative estimate of drug-likeness (QED) is 0.907. The van der Waals surface area contributed by atoms with E-state index in [4.69, 9.17) is 9.84 Å². The molecule has 0 aliphatic carbocycles. The van der Waals surface area contributed by atoms with Gasteiger partial charge in [-0.25, -0.2) is 8.78 Å². The van der Waals surface area contributed by atoms with E-state index in [9.17, 15) is 8.78 Å². The van der Waals surface area contributed by atoms with Gasteiger partial charge in [0.15, 0.2) is 17.4 Å². The van der Waals surface area contributed by atoms with Crippen molar-refractivity contribution in [1.82, 2.24) is 4.98 Å². The zero-order valence-electron chi connectivity index (χ0n) is 9.44. The van der Waals surface area contributed by atoms with Crippen LogP contribution >= 0.6 is 0 Å². The second kappa shape index (κ2) is 5.55. The molecule has 0 saturated carbocycles. The first-order valence-electron chi connectivity index (χ1n) is 5.32. The third kappa shape index (κ3) is 2.81. The van der Waals surface area contributed by atoms with Crippen LogP contribution in [0.15, 0.2) is 36.5 Å². The summed E-state index contributed by atoms with van der Waals surface area (Å²) >= 11 is 0. The lowest BCUT2D eigenvalue weighted by atomic mass is 10.2. The highest BCUT2D eigenvalue weighted by Gasteiger charge is 2.12. The zero-order valence-corrected chi connectivity index (χ0v) is 9.44. The van der Waals surface area contributed by atoms with E-state index in [1.807, 2.05) is 0 Å². The van der Waals surface area contributed by atoms with Crippen molar-refractivity contribution in [2.24, 2.45) is 0 Å². The molecular weight excluding hydrogens is 240 g/mol. The summed E-state index contributed by atoms with van der Waals surface area (Å²) in [5.41, 5.74) is 0.734. The molecule has 0 fully saturated rings. The van der Waals surface area contributed by atoms with Crippen LogP contribution in [0.25, 0.3) is 0 Å². The molecule has 0 atom stereocenters. The standard InChI is InChI=1S/C13H11F2NO2/c14-11-5-9(7-17)6-12(15)13(11)18-8-10-3-1-2-4-16-10/h1-6,17H,7-8H2. The normalized spacial score (nSPS) is 10.4. The highest BCUT2D eigenvalue weighted by Crippen LogP contribution is 2.24. The summed E-state index contributed by atoms with van der Waals surface area (Å²) in [7, 11) is 0. The van der Waals surface area contributed by atoms with Crippen molar-refractivity contribution in [2.45, 2.75) is 13.2 Å². The van der Waals surface area contributed by atoms with E-state index in [0.717, 1.165) is 12.1 Å². The van der Waals surface area contributed by atoms with Gasteiger partial charge < -0.3 is 9.84 Å². The third-order valence-electron chi connectivity index (χ3n) is 2.33. The molecule has 0 unspecified atom stereocenters. The molecule has 0 saturated heterocycles. The van der Waals surface area contributed by atoms with Crippen molar-refractivity contribution in [2.75, 3.05) is 0 Å². The number of aliphatic hydroxyl groups excluding tert-OH is 1. The SMILES string of the molecule is OCc1cc(F)c(OCc2ccccn2)c(F)c1. The number of ether oxygens (including phenoxy) is 1. The molecule has 3 nitrogen and oxygen atoms in total. The Labute approximate surface area is 103 Å². The van der Waals surface area contributed by atoms with Gasteiger partial charge >= 0.3 is 0 Å². The molecule has 0 spiro atoms. The lowest BCUT2D eigenvalue weighted by molar-refractivity contribution is 0.263. The van der Waals surface area contributed by atoms with Crippen LogP contribution in [0.2, 0.25) is 0 Å². The van der Waals surface area contributed by atoms with Crippen molar-refractivity contribution in [3.63, 3.8) is 0 Å². The molecule has 18 heavy (non-hydrogen) atoms. The molecule has 0 radical (unpaired) electrons. The molecule has 0 aliphatic heterocycles. The van der Waals surface area contributed by atoms with Gasteiger partial charge in [0.2, 0.25) is 0 Å². The van der Waals surface area contributed by atoms with Crippen LogP contribution in [-0.2, 0) is 13.2 Å². The minimum absolute atomic E-state index is 0.0207. The van der Waals surface area contributed by atoms with E-state index >= 15 is 0 Å². The Morgan fingerprint density at radius 2 is 1.89 bits per heavy atom. The van der Waals surface area contributed by atoms with Crippen LogP contribution < -0.4 is 4.74 Å². The molecule has 0 aliphatic rings. The summed E-state index contributed by atoms with van der Waals surface area (Å²) < 4.78 is 32.1. The first-order chi connectivity index (χ1) is 8.70. The maximum absolute atomic E-state index is 13.5. The van der Waals surface area contributed by atoms with E-state index in [1.165, 1.54) is 0 Å². The highest BCUT2D eigenvalue weighted by atomic mass is 19.1. The Morgan fingerprint density at radius 3 is 2.44 bits per heavy atom. The fourth-order valence-electron chi connectivity index (χ4n) is 1.47. The number of rotatable bonds is 4. The average Bonchev–Trinajstić information content (AvgIpc) is 2.38. The maximum atomic E-state index is 13.5. The van der Waals surface area contributed by atoms with Crippen LogP contribution in [0.5, 0.6) is 5.75 Å². The minimum Gasteiger partial charge on any atom is -0.481 e. The van der Waals surface area contributed by atoms with Gasteiger partial charge in [0.05, 0.1) is 12.3 Å². The number of hydrogen-bond acceptors (Lipinski definition) is 3. The molecule has 1 heterocycles. The van der Waals surface area contributed by atoms with Gasteiger partial charge in [-0.05, 0) is 29.8 Å². The van der Waals surface area contributed by atoms with Gasteiger partial charge in [-0.15, -0.1) is 0 Å². The number of pyridine rings is 1. The second-order valence-electron chi connectivity index (χ2n) is 3.66. The Balaban J connectivity index is 2.15. The molecular formula is C13H11F2NO2. The Hall–Kier alpha value is -2.01. The predicted octanol–water partition coefficient (Wildman–Crippen LogP) is 2.43. The second-order valence-corrected chi connectivity index (χ2v) is 3.66. The van der Waals surface area contributed by atoms with Crippen LogP contribution in [0.3, 0.4) is 0 Å². The topological polar surface area (TPSA) is 42.4 Å². The largest absolute Gasteiger partial charge is 0.481 e. The smallest absolute Gasteiger partial charge is 0.191 e. The summed E-state index contributed by atoms with van der Waals surface area (Å²) in [6.07, 6.45) is 1.57. The molecule has 1 aromatic carbocycles. The summed E-state index contributed by atoms with van der Waals surface area (Å²) in [6.45, 7) is -0.443. The van der Waals surface area contributed by atoms with E-state index < -0.39 is 24.0 Å². The number of aliphatic hydroxyl groups is 1. The lowest BCUT2D eigenvalue weighted by Crippen LogP contribution is -2.02. The van der Waals surface area contributed by atoms with Crippen LogP contribution in [0, 0.1) is 11.6 Å². The molecule has 0 amide bonds. The van der Waals surface area contributed by atoms with Crippen molar-refractivity contribution in [3.05, 3.63) is 59.4 Å². The average molecular weight is 251 g/mol. The summed E-state index contributed by atoms with van der Waals surface area (Å²) in [4.78, 5) is 3.98. The molecule has 1 aromatic heterocycles. The monoisotopic (exact) mass is 251 g/mol.